The predicted molar refractivity (Wildman–Crippen MR) is 85.2 cm³/mol. The number of aliphatic hydroxyl groups excluding tert-OH is 1. The van der Waals surface area contributed by atoms with Crippen molar-refractivity contribution in [1.82, 2.24) is 10.3 Å². The maximum Gasteiger partial charge on any atom is 0.261 e. The molecule has 3 N–H and O–H groups in total. The molecule has 0 spiro atoms. The smallest absolute Gasteiger partial charge is 0.261 e. The maximum absolute atomic E-state index is 13.4. The summed E-state index contributed by atoms with van der Waals surface area (Å²) in [6.07, 6.45) is -1.12. The van der Waals surface area contributed by atoms with Crippen LogP contribution in [0.1, 0.15) is 33.3 Å². The van der Waals surface area contributed by atoms with Crippen LogP contribution in [0.25, 0.3) is 0 Å². The molecule has 122 valence electrons. The fourth-order valence-corrected chi connectivity index (χ4v) is 2.37. The lowest BCUT2D eigenvalue weighted by molar-refractivity contribution is 0.0914. The zero-order chi connectivity index (χ0) is 17.1. The zero-order valence-corrected chi connectivity index (χ0v) is 13.4. The number of hydrogen-bond acceptors (Lipinski definition) is 3. The predicted octanol–water partition coefficient (Wildman–Crippen LogP) is 2.25. The van der Waals surface area contributed by atoms with Crippen LogP contribution >= 0.6 is 11.6 Å². The van der Waals surface area contributed by atoms with Gasteiger partial charge < -0.3 is 15.4 Å². The lowest BCUT2D eigenvalue weighted by Gasteiger charge is -2.13. The molecule has 0 radical (unpaired) electrons. The third-order valence-corrected chi connectivity index (χ3v) is 3.68. The Morgan fingerprint density at radius 1 is 1.39 bits per heavy atom. The van der Waals surface area contributed by atoms with E-state index in [-0.39, 0.29) is 22.7 Å². The van der Waals surface area contributed by atoms with Crippen molar-refractivity contribution in [2.75, 3.05) is 6.54 Å². The average Bonchev–Trinajstić information content (AvgIpc) is 2.46. The fraction of sp³-hybridized carbons (Fsp3) is 0.250. The van der Waals surface area contributed by atoms with Gasteiger partial charge in [-0.25, -0.2) is 4.39 Å². The third kappa shape index (κ3) is 3.97. The first-order valence-electron chi connectivity index (χ1n) is 6.91. The molecule has 0 bridgehead atoms. The highest BCUT2D eigenvalue weighted by Crippen LogP contribution is 2.20. The second-order valence-electron chi connectivity index (χ2n) is 5.24. The highest BCUT2D eigenvalue weighted by molar-refractivity contribution is 6.30. The molecule has 1 aromatic carbocycles. The van der Waals surface area contributed by atoms with Crippen LogP contribution in [0.4, 0.5) is 4.39 Å². The van der Waals surface area contributed by atoms with Gasteiger partial charge in [0.25, 0.3) is 11.5 Å². The van der Waals surface area contributed by atoms with Crippen LogP contribution < -0.4 is 10.9 Å². The summed E-state index contributed by atoms with van der Waals surface area (Å²) in [7, 11) is 0. The highest BCUT2D eigenvalue weighted by Gasteiger charge is 2.16. The number of hydrogen-bond donors (Lipinski definition) is 3. The third-order valence-electron chi connectivity index (χ3n) is 3.38. The normalized spacial score (nSPS) is 12.0. The minimum Gasteiger partial charge on any atom is -0.387 e. The first-order chi connectivity index (χ1) is 10.8. The number of carbonyl (C=O) groups excluding carboxylic acids is 1. The summed E-state index contributed by atoms with van der Waals surface area (Å²) >= 11 is 5.58. The lowest BCUT2D eigenvalue weighted by Crippen LogP contribution is -2.33. The SMILES string of the molecule is Cc1cc(C)c(C(=O)NCC(O)c2ccc(Cl)c(F)c2)c(=O)[nH]1. The number of aliphatic hydroxyl groups is 1. The number of nitrogens with one attached hydrogen (secondary N) is 2. The van der Waals surface area contributed by atoms with Gasteiger partial charge in [0.1, 0.15) is 11.4 Å². The number of H-pyrrole nitrogens is 1. The Labute approximate surface area is 137 Å². The number of aryl methyl sites for hydroxylation is 2. The van der Waals surface area contributed by atoms with E-state index in [1.54, 1.807) is 19.9 Å². The molecule has 5 nitrogen and oxygen atoms in total. The fourth-order valence-electron chi connectivity index (χ4n) is 2.25. The quantitative estimate of drug-likeness (QED) is 0.799. The summed E-state index contributed by atoms with van der Waals surface area (Å²) in [5.74, 6) is -1.25. The molecule has 0 fully saturated rings. The average molecular weight is 339 g/mol. The maximum atomic E-state index is 13.4. The minimum atomic E-state index is -1.12. The van der Waals surface area contributed by atoms with Gasteiger partial charge in [0, 0.05) is 12.2 Å². The van der Waals surface area contributed by atoms with Gasteiger partial charge >= 0.3 is 0 Å². The number of halogens is 2. The molecule has 2 rings (SSSR count). The van der Waals surface area contributed by atoms with E-state index < -0.39 is 23.4 Å². The highest BCUT2D eigenvalue weighted by atomic mass is 35.5. The monoisotopic (exact) mass is 338 g/mol. The first kappa shape index (κ1) is 17.2. The number of carbonyl (C=O) groups is 1. The molecule has 2 aromatic rings. The molecular formula is C16H16ClFN2O3. The van der Waals surface area contributed by atoms with Gasteiger partial charge in [0.15, 0.2) is 0 Å². The van der Waals surface area contributed by atoms with Crippen LogP contribution in [0.5, 0.6) is 0 Å². The van der Waals surface area contributed by atoms with E-state index in [0.29, 0.717) is 11.3 Å². The second-order valence-corrected chi connectivity index (χ2v) is 5.65. The Hall–Kier alpha value is -2.18. The lowest BCUT2D eigenvalue weighted by atomic mass is 10.1. The van der Waals surface area contributed by atoms with Crippen molar-refractivity contribution < 1.29 is 14.3 Å². The molecule has 1 aromatic heterocycles. The Morgan fingerprint density at radius 3 is 2.70 bits per heavy atom. The number of benzene rings is 1. The van der Waals surface area contributed by atoms with Gasteiger partial charge in [0.2, 0.25) is 0 Å². The second kappa shape index (κ2) is 6.93. The molecule has 1 unspecified atom stereocenters. The molecule has 1 atom stereocenters. The number of aromatic amines is 1. The van der Waals surface area contributed by atoms with E-state index in [0.717, 1.165) is 6.07 Å². The van der Waals surface area contributed by atoms with Gasteiger partial charge in [-0.2, -0.15) is 0 Å². The molecule has 0 saturated heterocycles. The van der Waals surface area contributed by atoms with Crippen molar-refractivity contribution in [3.05, 3.63) is 67.8 Å². The van der Waals surface area contributed by atoms with Crippen molar-refractivity contribution in [1.29, 1.82) is 0 Å². The van der Waals surface area contributed by atoms with E-state index in [9.17, 15) is 19.1 Å². The zero-order valence-electron chi connectivity index (χ0n) is 12.6. The summed E-state index contributed by atoms with van der Waals surface area (Å²) in [5, 5.41) is 12.4. The topological polar surface area (TPSA) is 82.2 Å². The molecule has 0 saturated carbocycles. The summed E-state index contributed by atoms with van der Waals surface area (Å²) in [6.45, 7) is 3.21. The van der Waals surface area contributed by atoms with Crippen LogP contribution in [0.15, 0.2) is 29.1 Å². The van der Waals surface area contributed by atoms with Crippen molar-refractivity contribution in [2.45, 2.75) is 20.0 Å². The standard InChI is InChI=1S/C16H16ClFN2O3/c1-8-5-9(2)20-16(23)14(8)15(22)19-7-13(21)10-3-4-11(17)12(18)6-10/h3-6,13,21H,7H2,1-2H3,(H,19,22)(H,20,23). The number of amides is 1. The van der Waals surface area contributed by atoms with Gasteiger partial charge in [-0.1, -0.05) is 17.7 Å². The van der Waals surface area contributed by atoms with Gasteiger partial charge in [-0.15, -0.1) is 0 Å². The Balaban J connectivity index is 2.10. The van der Waals surface area contributed by atoms with E-state index in [4.69, 9.17) is 11.6 Å². The van der Waals surface area contributed by atoms with Gasteiger partial charge in [-0.3, -0.25) is 9.59 Å². The Morgan fingerprint density at radius 2 is 2.09 bits per heavy atom. The Bertz CT molecular complexity index is 804. The summed E-state index contributed by atoms with van der Waals surface area (Å²) < 4.78 is 13.4. The van der Waals surface area contributed by atoms with Gasteiger partial charge in [0.05, 0.1) is 11.1 Å². The summed E-state index contributed by atoms with van der Waals surface area (Å²) in [4.78, 5) is 26.5. The molecule has 0 aliphatic heterocycles. The molecule has 7 heteroatoms. The number of pyridine rings is 1. The summed E-state index contributed by atoms with van der Waals surface area (Å²) in [5.41, 5.74) is 0.968. The van der Waals surface area contributed by atoms with Crippen LogP contribution in [0.3, 0.4) is 0 Å². The van der Waals surface area contributed by atoms with Crippen LogP contribution in [-0.4, -0.2) is 22.5 Å². The van der Waals surface area contributed by atoms with Crippen molar-refractivity contribution in [3.8, 4) is 0 Å². The molecule has 1 heterocycles. The number of rotatable bonds is 4. The van der Waals surface area contributed by atoms with Crippen molar-refractivity contribution in [2.24, 2.45) is 0 Å². The molecular weight excluding hydrogens is 323 g/mol. The molecule has 0 aliphatic carbocycles. The van der Waals surface area contributed by atoms with Gasteiger partial charge in [-0.05, 0) is 43.2 Å². The van der Waals surface area contributed by atoms with E-state index in [1.807, 2.05) is 0 Å². The Kier molecular flexibility index (Phi) is 5.18. The van der Waals surface area contributed by atoms with Crippen LogP contribution in [-0.2, 0) is 0 Å². The summed E-state index contributed by atoms with van der Waals surface area (Å²) in [6, 6.07) is 5.57. The number of aromatic nitrogens is 1. The van der Waals surface area contributed by atoms with Crippen LogP contribution in [0.2, 0.25) is 5.02 Å². The molecule has 0 aliphatic rings. The molecule has 23 heavy (non-hydrogen) atoms. The molecule has 1 amide bonds. The van der Waals surface area contributed by atoms with Crippen molar-refractivity contribution >= 4 is 17.5 Å². The van der Waals surface area contributed by atoms with E-state index in [2.05, 4.69) is 10.3 Å². The first-order valence-corrected chi connectivity index (χ1v) is 7.29. The van der Waals surface area contributed by atoms with E-state index >= 15 is 0 Å². The largest absolute Gasteiger partial charge is 0.387 e. The minimum absolute atomic E-state index is 0.00918. The van der Waals surface area contributed by atoms with E-state index in [1.165, 1.54) is 12.1 Å². The van der Waals surface area contributed by atoms with Crippen molar-refractivity contribution in [3.63, 3.8) is 0 Å². The van der Waals surface area contributed by atoms with Crippen LogP contribution in [0, 0.1) is 19.7 Å².